The van der Waals surface area contributed by atoms with E-state index in [1.807, 2.05) is 25.3 Å². The lowest BCUT2D eigenvalue weighted by Gasteiger charge is -2.19. The Balaban J connectivity index is 1.58. The van der Waals surface area contributed by atoms with Crippen LogP contribution < -0.4 is 15.5 Å². The van der Waals surface area contributed by atoms with Crippen molar-refractivity contribution in [1.82, 2.24) is 19.9 Å². The predicted molar refractivity (Wildman–Crippen MR) is 141 cm³/mol. The molecule has 0 amide bonds. The molecule has 0 spiro atoms. The minimum absolute atomic E-state index is 0.00141. The summed E-state index contributed by atoms with van der Waals surface area (Å²) in [5.41, 5.74) is 2.56. The Kier molecular flexibility index (Phi) is 8.83. The SMILES string of the molecule is CCCCOC(=O)CNc1nc(Nc2nc(C)c(C(=O)OCC)s2)nc2c1CCN2Cc1cccnc1. The number of carbonyl (C=O) groups excluding carboxylic acids is 2. The van der Waals surface area contributed by atoms with Gasteiger partial charge in [-0.15, -0.1) is 0 Å². The van der Waals surface area contributed by atoms with Gasteiger partial charge in [-0.2, -0.15) is 9.97 Å². The van der Waals surface area contributed by atoms with Crippen molar-refractivity contribution in [2.24, 2.45) is 0 Å². The highest BCUT2D eigenvalue weighted by Crippen LogP contribution is 2.34. The lowest BCUT2D eigenvalue weighted by Crippen LogP contribution is -2.21. The molecule has 0 radical (unpaired) electrons. The standard InChI is InChI=1S/C25H31N7O4S/c1-4-6-12-36-19(33)14-27-21-18-9-11-32(15-17-8-7-10-26-13-17)22(18)30-24(29-21)31-25-28-16(3)20(37-25)23(34)35-5-2/h7-8,10,13H,4-6,9,11-12,14-15H2,1-3H3,(H2,27,28,29,30,31). The normalized spacial score (nSPS) is 12.2. The van der Waals surface area contributed by atoms with E-state index >= 15 is 0 Å². The maximum absolute atomic E-state index is 12.2. The molecule has 1 aliphatic heterocycles. The van der Waals surface area contributed by atoms with Crippen LogP contribution in [0, 0.1) is 6.92 Å². The minimum Gasteiger partial charge on any atom is -0.464 e. The van der Waals surface area contributed by atoms with Gasteiger partial charge in [-0.1, -0.05) is 30.7 Å². The number of anilines is 4. The minimum atomic E-state index is -0.410. The number of hydrogen-bond acceptors (Lipinski definition) is 12. The molecule has 0 aromatic carbocycles. The van der Waals surface area contributed by atoms with Gasteiger partial charge in [0.15, 0.2) is 5.13 Å². The molecule has 3 aromatic heterocycles. The van der Waals surface area contributed by atoms with Crippen LogP contribution in [-0.2, 0) is 27.2 Å². The number of ether oxygens (including phenoxy) is 2. The van der Waals surface area contributed by atoms with Crippen molar-refractivity contribution in [3.8, 4) is 0 Å². The van der Waals surface area contributed by atoms with Crippen LogP contribution in [0.15, 0.2) is 24.5 Å². The lowest BCUT2D eigenvalue weighted by molar-refractivity contribution is -0.141. The van der Waals surface area contributed by atoms with Crippen LogP contribution in [0.3, 0.4) is 0 Å². The fourth-order valence-corrected chi connectivity index (χ4v) is 4.71. The largest absolute Gasteiger partial charge is 0.464 e. The molecule has 12 heteroatoms. The second-order valence-electron chi connectivity index (χ2n) is 8.44. The van der Waals surface area contributed by atoms with E-state index in [9.17, 15) is 9.59 Å². The average Bonchev–Trinajstić information content (AvgIpc) is 3.46. The summed E-state index contributed by atoms with van der Waals surface area (Å²) < 4.78 is 10.4. The highest BCUT2D eigenvalue weighted by Gasteiger charge is 2.27. The summed E-state index contributed by atoms with van der Waals surface area (Å²) in [6.45, 7) is 7.63. The second kappa shape index (κ2) is 12.4. The number of rotatable bonds is 12. The third-order valence-corrected chi connectivity index (χ3v) is 6.70. The summed E-state index contributed by atoms with van der Waals surface area (Å²) in [5, 5.41) is 6.74. The van der Waals surface area contributed by atoms with Gasteiger partial charge in [0.25, 0.3) is 0 Å². The molecule has 196 valence electrons. The predicted octanol–water partition coefficient (Wildman–Crippen LogP) is 3.87. The van der Waals surface area contributed by atoms with Crippen LogP contribution in [0.25, 0.3) is 0 Å². The van der Waals surface area contributed by atoms with Crippen molar-refractivity contribution in [2.45, 2.75) is 46.6 Å². The van der Waals surface area contributed by atoms with Gasteiger partial charge in [0, 0.05) is 31.0 Å². The van der Waals surface area contributed by atoms with E-state index in [1.54, 1.807) is 20.0 Å². The maximum Gasteiger partial charge on any atom is 0.350 e. The van der Waals surface area contributed by atoms with Gasteiger partial charge in [-0.05, 0) is 38.3 Å². The van der Waals surface area contributed by atoms with Crippen LogP contribution in [-0.4, -0.2) is 58.2 Å². The van der Waals surface area contributed by atoms with E-state index in [1.165, 1.54) is 11.3 Å². The maximum atomic E-state index is 12.2. The number of fused-ring (bicyclic) bond motifs is 1. The van der Waals surface area contributed by atoms with Crippen LogP contribution in [0.2, 0.25) is 0 Å². The molecule has 2 N–H and O–H groups in total. The number of nitrogens with one attached hydrogen (secondary N) is 2. The van der Waals surface area contributed by atoms with Crippen molar-refractivity contribution < 1.29 is 19.1 Å². The molecule has 0 saturated carbocycles. The molecule has 0 bridgehead atoms. The van der Waals surface area contributed by atoms with Gasteiger partial charge in [-0.3, -0.25) is 15.1 Å². The molecule has 3 aromatic rings. The zero-order chi connectivity index (χ0) is 26.2. The zero-order valence-electron chi connectivity index (χ0n) is 21.2. The van der Waals surface area contributed by atoms with E-state index < -0.39 is 5.97 Å². The first-order valence-electron chi connectivity index (χ1n) is 12.3. The lowest BCUT2D eigenvalue weighted by atomic mass is 10.2. The Morgan fingerprint density at radius 1 is 1.19 bits per heavy atom. The van der Waals surface area contributed by atoms with Crippen LogP contribution in [0.5, 0.6) is 0 Å². The third-order valence-electron chi connectivity index (χ3n) is 5.65. The van der Waals surface area contributed by atoms with Gasteiger partial charge in [0.2, 0.25) is 5.95 Å². The molecule has 0 fully saturated rings. The Morgan fingerprint density at radius 3 is 2.81 bits per heavy atom. The van der Waals surface area contributed by atoms with Crippen LogP contribution in [0.4, 0.5) is 22.7 Å². The molecule has 4 heterocycles. The van der Waals surface area contributed by atoms with Gasteiger partial charge >= 0.3 is 11.9 Å². The number of carbonyl (C=O) groups is 2. The highest BCUT2D eigenvalue weighted by molar-refractivity contribution is 7.17. The van der Waals surface area contributed by atoms with Gasteiger partial charge in [0.05, 0.1) is 18.9 Å². The average molecular weight is 526 g/mol. The number of esters is 2. The molecule has 11 nitrogen and oxygen atoms in total. The Labute approximate surface area is 219 Å². The summed E-state index contributed by atoms with van der Waals surface area (Å²) in [6, 6.07) is 3.93. The molecule has 0 unspecified atom stereocenters. The molecule has 0 aliphatic carbocycles. The summed E-state index contributed by atoms with van der Waals surface area (Å²) in [4.78, 5) is 45.1. The summed E-state index contributed by atoms with van der Waals surface area (Å²) in [7, 11) is 0. The fourth-order valence-electron chi connectivity index (χ4n) is 3.85. The summed E-state index contributed by atoms with van der Waals surface area (Å²) in [6.07, 6.45) is 6.09. The van der Waals surface area contributed by atoms with E-state index in [4.69, 9.17) is 14.5 Å². The monoisotopic (exact) mass is 525 g/mol. The smallest absolute Gasteiger partial charge is 0.350 e. The van der Waals surface area contributed by atoms with Gasteiger partial charge < -0.3 is 19.7 Å². The topological polar surface area (TPSA) is 131 Å². The number of pyridine rings is 1. The molecular formula is C25H31N7O4S. The first kappa shape index (κ1) is 26.3. The second-order valence-corrected chi connectivity index (χ2v) is 9.44. The first-order valence-corrected chi connectivity index (χ1v) is 13.2. The van der Waals surface area contributed by atoms with E-state index in [2.05, 4.69) is 30.5 Å². The number of thiazole rings is 1. The summed E-state index contributed by atoms with van der Waals surface area (Å²) >= 11 is 1.18. The van der Waals surface area contributed by atoms with Crippen molar-refractivity contribution >= 4 is 46.0 Å². The van der Waals surface area contributed by atoms with Crippen molar-refractivity contribution in [1.29, 1.82) is 0 Å². The summed E-state index contributed by atoms with van der Waals surface area (Å²) in [5.74, 6) is 0.889. The number of aryl methyl sites for hydroxylation is 1. The Morgan fingerprint density at radius 2 is 2.05 bits per heavy atom. The van der Waals surface area contributed by atoms with E-state index in [-0.39, 0.29) is 19.1 Å². The first-order chi connectivity index (χ1) is 18.0. The van der Waals surface area contributed by atoms with E-state index in [0.29, 0.717) is 40.6 Å². The van der Waals surface area contributed by atoms with Crippen molar-refractivity contribution in [2.75, 3.05) is 41.8 Å². The molecular weight excluding hydrogens is 494 g/mol. The highest BCUT2D eigenvalue weighted by atomic mass is 32.1. The molecule has 0 saturated heterocycles. The van der Waals surface area contributed by atoms with Crippen molar-refractivity contribution in [3.05, 3.63) is 46.2 Å². The molecule has 4 rings (SSSR count). The van der Waals surface area contributed by atoms with Crippen molar-refractivity contribution in [3.63, 3.8) is 0 Å². The van der Waals surface area contributed by atoms with Gasteiger partial charge in [0.1, 0.15) is 23.1 Å². The third kappa shape index (κ3) is 6.70. The number of unbranched alkanes of at least 4 members (excludes halogenated alkanes) is 1. The molecule has 0 atom stereocenters. The van der Waals surface area contributed by atoms with Gasteiger partial charge in [-0.25, -0.2) is 9.78 Å². The van der Waals surface area contributed by atoms with Crippen LogP contribution in [0.1, 0.15) is 53.2 Å². The Hall–Kier alpha value is -3.80. The number of nitrogens with zero attached hydrogens (tertiary/aromatic N) is 5. The molecule has 37 heavy (non-hydrogen) atoms. The zero-order valence-corrected chi connectivity index (χ0v) is 22.1. The quantitative estimate of drug-likeness (QED) is 0.264. The molecule has 1 aliphatic rings. The van der Waals surface area contributed by atoms with Crippen LogP contribution >= 0.6 is 11.3 Å². The Bertz CT molecular complexity index is 1240. The number of hydrogen-bond donors (Lipinski definition) is 2. The van der Waals surface area contributed by atoms with E-state index in [0.717, 1.165) is 42.8 Å². The fraction of sp³-hybridized carbons (Fsp3) is 0.440. The number of aromatic nitrogens is 4.